The van der Waals surface area contributed by atoms with E-state index in [1.54, 1.807) is 0 Å². The number of imidazole rings is 1. The molecule has 8 heteroatoms. The van der Waals surface area contributed by atoms with Crippen molar-refractivity contribution in [2.45, 2.75) is 12.5 Å². The summed E-state index contributed by atoms with van der Waals surface area (Å²) in [7, 11) is 2.02. The van der Waals surface area contributed by atoms with Crippen molar-refractivity contribution in [3.63, 3.8) is 0 Å². The van der Waals surface area contributed by atoms with Crippen LogP contribution in [0.4, 0.5) is 10.5 Å². The van der Waals surface area contributed by atoms with E-state index >= 15 is 0 Å². The molecule has 6 rings (SSSR count). The highest BCUT2D eigenvalue weighted by molar-refractivity contribution is 6.30. The van der Waals surface area contributed by atoms with E-state index in [1.807, 2.05) is 73.1 Å². The van der Waals surface area contributed by atoms with Gasteiger partial charge in [0.25, 0.3) is 0 Å². The number of carbonyl (C=O) groups excluding carboxylic acids is 1. The third kappa shape index (κ3) is 4.83. The number of nitrogens with zero attached hydrogens (tertiary/aromatic N) is 5. The maximum atomic E-state index is 12.9. The van der Waals surface area contributed by atoms with E-state index in [1.165, 1.54) is 11.1 Å². The highest BCUT2D eigenvalue weighted by atomic mass is 35.5. The number of halogens is 1. The van der Waals surface area contributed by atoms with Gasteiger partial charge in [-0.3, -0.25) is 9.88 Å². The van der Waals surface area contributed by atoms with Crippen LogP contribution >= 0.6 is 11.6 Å². The van der Waals surface area contributed by atoms with E-state index in [2.05, 4.69) is 44.0 Å². The second-order valence-corrected chi connectivity index (χ2v) is 10.2. The van der Waals surface area contributed by atoms with Gasteiger partial charge in [-0.15, -0.1) is 0 Å². The number of pyridine rings is 1. The lowest BCUT2D eigenvalue weighted by atomic mass is 9.92. The Labute approximate surface area is 227 Å². The number of anilines is 1. The van der Waals surface area contributed by atoms with Gasteiger partial charge in [-0.2, -0.15) is 0 Å². The molecule has 7 nitrogen and oxygen atoms in total. The first-order valence-electron chi connectivity index (χ1n) is 12.8. The third-order valence-electron chi connectivity index (χ3n) is 7.40. The number of amides is 2. The second-order valence-electron chi connectivity index (χ2n) is 9.77. The minimum Gasteiger partial charge on any atom is -0.337 e. The minimum absolute atomic E-state index is 0.0434. The van der Waals surface area contributed by atoms with Crippen molar-refractivity contribution in [2.24, 2.45) is 7.05 Å². The Morgan fingerprint density at radius 3 is 2.63 bits per heavy atom. The average molecular weight is 525 g/mol. The number of allylic oxidation sites excluding steroid dienone is 1. The van der Waals surface area contributed by atoms with Crippen LogP contribution in [-0.2, 0) is 13.5 Å². The summed E-state index contributed by atoms with van der Waals surface area (Å²) < 4.78 is 2.05. The fourth-order valence-corrected chi connectivity index (χ4v) is 5.58. The molecule has 0 saturated carbocycles. The lowest BCUT2D eigenvalue weighted by Crippen LogP contribution is -2.51. The van der Waals surface area contributed by atoms with Crippen LogP contribution in [0.15, 0.2) is 79.4 Å². The highest BCUT2D eigenvalue weighted by Crippen LogP contribution is 2.41. The first-order chi connectivity index (χ1) is 18.6. The van der Waals surface area contributed by atoms with Gasteiger partial charge in [0.2, 0.25) is 0 Å². The highest BCUT2D eigenvalue weighted by Gasteiger charge is 2.33. The van der Waals surface area contributed by atoms with Crippen LogP contribution in [-0.4, -0.2) is 56.5 Å². The molecule has 192 valence electrons. The van der Waals surface area contributed by atoms with Gasteiger partial charge < -0.3 is 14.8 Å². The van der Waals surface area contributed by atoms with Gasteiger partial charge in [0.15, 0.2) is 0 Å². The summed E-state index contributed by atoms with van der Waals surface area (Å²) in [6, 6.07) is 19.8. The van der Waals surface area contributed by atoms with Crippen molar-refractivity contribution < 1.29 is 4.79 Å². The molecule has 38 heavy (non-hydrogen) atoms. The van der Waals surface area contributed by atoms with Crippen LogP contribution in [0.2, 0.25) is 5.02 Å². The first kappa shape index (κ1) is 24.4. The Morgan fingerprint density at radius 1 is 1.05 bits per heavy atom. The number of piperazine rings is 1. The Kier molecular flexibility index (Phi) is 6.70. The zero-order valence-electron chi connectivity index (χ0n) is 21.2. The molecular weight excluding hydrogens is 496 g/mol. The number of carbonyl (C=O) groups is 1. The number of para-hydroxylation sites is 1. The van der Waals surface area contributed by atoms with Crippen molar-refractivity contribution >= 4 is 35.0 Å². The summed E-state index contributed by atoms with van der Waals surface area (Å²) in [6.45, 7) is 2.75. The van der Waals surface area contributed by atoms with Crippen LogP contribution < -0.4 is 5.32 Å². The van der Waals surface area contributed by atoms with Crippen molar-refractivity contribution in [3.05, 3.63) is 112 Å². The average Bonchev–Trinajstić information content (AvgIpc) is 3.29. The lowest BCUT2D eigenvalue weighted by molar-refractivity contribution is 0.125. The number of urea groups is 1. The number of aryl methyl sites for hydroxylation is 1. The second kappa shape index (κ2) is 10.4. The Morgan fingerprint density at radius 2 is 1.87 bits per heavy atom. The third-order valence-corrected chi connectivity index (χ3v) is 7.63. The molecule has 2 aromatic carbocycles. The van der Waals surface area contributed by atoms with E-state index in [0.717, 1.165) is 47.7 Å². The molecule has 1 N–H and O–H groups in total. The van der Waals surface area contributed by atoms with E-state index in [-0.39, 0.29) is 12.1 Å². The molecule has 0 spiro atoms. The molecule has 2 aliphatic rings. The molecule has 1 fully saturated rings. The molecule has 1 saturated heterocycles. The molecule has 1 aliphatic carbocycles. The topological polar surface area (TPSA) is 66.3 Å². The molecule has 0 radical (unpaired) electrons. The van der Waals surface area contributed by atoms with E-state index < -0.39 is 0 Å². The summed E-state index contributed by atoms with van der Waals surface area (Å²) in [5.74, 6) is 0. The van der Waals surface area contributed by atoms with Crippen molar-refractivity contribution in [3.8, 4) is 0 Å². The number of hydrogen-bond donors (Lipinski definition) is 1. The standard InChI is InChI=1S/C30H29ClN6O/c1-35-20-32-19-25(35)17-22-16-21-6-5-11-33-28(21)29(26-10-9-23(31)18-27(22)26)36-12-14-37(15-13-36)30(38)34-24-7-3-2-4-8-24/h2-11,16,18-20,29H,12-15,17H2,1H3,(H,34,38). The van der Waals surface area contributed by atoms with Gasteiger partial charge in [0, 0.05) is 68.4 Å². The zero-order valence-corrected chi connectivity index (χ0v) is 22.0. The number of nitrogens with one attached hydrogen (secondary N) is 1. The van der Waals surface area contributed by atoms with Gasteiger partial charge in [-0.25, -0.2) is 9.78 Å². The largest absolute Gasteiger partial charge is 0.337 e. The van der Waals surface area contributed by atoms with Gasteiger partial charge in [-0.05, 0) is 58.7 Å². The van der Waals surface area contributed by atoms with Crippen LogP contribution in [0.25, 0.3) is 11.6 Å². The monoisotopic (exact) mass is 524 g/mol. The predicted octanol–water partition coefficient (Wildman–Crippen LogP) is 5.50. The van der Waals surface area contributed by atoms with E-state index in [9.17, 15) is 4.79 Å². The summed E-state index contributed by atoms with van der Waals surface area (Å²) >= 11 is 6.55. The van der Waals surface area contributed by atoms with Gasteiger partial charge in [0.05, 0.1) is 18.1 Å². The predicted molar refractivity (Wildman–Crippen MR) is 151 cm³/mol. The molecule has 4 aromatic rings. The quantitative estimate of drug-likeness (QED) is 0.382. The van der Waals surface area contributed by atoms with Crippen LogP contribution in [0.1, 0.15) is 34.1 Å². The summed E-state index contributed by atoms with van der Waals surface area (Å²) in [5, 5.41) is 3.72. The number of fused-ring (bicyclic) bond motifs is 2. The molecular formula is C30H29ClN6O. The Hall–Kier alpha value is -3.94. The molecule has 2 amide bonds. The Bertz CT molecular complexity index is 1490. The first-order valence-corrected chi connectivity index (χ1v) is 13.2. The number of hydrogen-bond acceptors (Lipinski definition) is 4. The van der Waals surface area contributed by atoms with E-state index in [4.69, 9.17) is 16.6 Å². The fourth-order valence-electron chi connectivity index (χ4n) is 5.41. The Balaban J connectivity index is 1.31. The smallest absolute Gasteiger partial charge is 0.321 e. The van der Waals surface area contributed by atoms with Crippen molar-refractivity contribution in [1.29, 1.82) is 0 Å². The molecule has 1 unspecified atom stereocenters. The van der Waals surface area contributed by atoms with Crippen LogP contribution in [0.5, 0.6) is 0 Å². The number of benzene rings is 2. The van der Waals surface area contributed by atoms with Crippen LogP contribution in [0.3, 0.4) is 0 Å². The number of rotatable bonds is 4. The minimum atomic E-state index is -0.0671. The molecule has 1 aliphatic heterocycles. The van der Waals surface area contributed by atoms with Crippen LogP contribution in [0, 0.1) is 0 Å². The summed E-state index contributed by atoms with van der Waals surface area (Å²) in [5.41, 5.74) is 7.56. The maximum Gasteiger partial charge on any atom is 0.321 e. The SMILES string of the molecule is Cn1cncc1CC1=Cc2cccnc2C(N2CCN(C(=O)Nc3ccccc3)CC2)c2ccc(Cl)cc21. The maximum absolute atomic E-state index is 12.9. The number of aromatic nitrogens is 3. The van der Waals surface area contributed by atoms with Gasteiger partial charge >= 0.3 is 6.03 Å². The molecule has 0 bridgehead atoms. The normalized spacial score (nSPS) is 17.3. The molecule has 1 atom stereocenters. The summed E-state index contributed by atoms with van der Waals surface area (Å²) in [6.07, 6.45) is 8.59. The van der Waals surface area contributed by atoms with Gasteiger partial charge in [-0.1, -0.05) is 41.9 Å². The zero-order chi connectivity index (χ0) is 26.1. The fraction of sp³-hybridized carbons (Fsp3) is 0.233. The molecule has 2 aromatic heterocycles. The molecule has 3 heterocycles. The lowest BCUT2D eigenvalue weighted by Gasteiger charge is -2.39. The van der Waals surface area contributed by atoms with E-state index in [0.29, 0.717) is 18.1 Å². The van der Waals surface area contributed by atoms with Crippen molar-refractivity contribution in [1.82, 2.24) is 24.3 Å². The summed E-state index contributed by atoms with van der Waals surface area (Å²) in [4.78, 5) is 26.4. The van der Waals surface area contributed by atoms with Gasteiger partial charge in [0.1, 0.15) is 0 Å². The van der Waals surface area contributed by atoms with Crippen molar-refractivity contribution in [2.75, 3.05) is 31.5 Å².